The summed E-state index contributed by atoms with van der Waals surface area (Å²) in [6, 6.07) is 7.64. The van der Waals surface area contributed by atoms with Gasteiger partial charge in [-0.25, -0.2) is 4.98 Å². The molecule has 7 heteroatoms. The summed E-state index contributed by atoms with van der Waals surface area (Å²) in [4.78, 5) is 4.54. The highest BCUT2D eigenvalue weighted by atomic mass is 32.2. The fraction of sp³-hybridized carbons (Fsp3) is 0.562. The minimum atomic E-state index is -3.40. The van der Waals surface area contributed by atoms with Crippen LogP contribution in [0, 0.1) is 0 Å². The van der Waals surface area contributed by atoms with Gasteiger partial charge in [0.25, 0.3) is 10.2 Å². The van der Waals surface area contributed by atoms with Gasteiger partial charge in [0.05, 0.1) is 0 Å². The average molecular weight is 337 g/mol. The molecular weight excluding hydrogens is 314 g/mol. The summed E-state index contributed by atoms with van der Waals surface area (Å²) >= 11 is 0. The lowest BCUT2D eigenvalue weighted by Gasteiger charge is -2.33. The second kappa shape index (κ2) is 6.59. The summed E-state index contributed by atoms with van der Waals surface area (Å²) in [6.45, 7) is 5.71. The number of piperidine rings is 1. The van der Waals surface area contributed by atoms with Gasteiger partial charge in [-0.2, -0.15) is 17.0 Å². The first kappa shape index (κ1) is 16.4. The maximum absolute atomic E-state index is 12.7. The van der Waals surface area contributed by atoms with Crippen molar-refractivity contribution in [2.45, 2.75) is 32.6 Å². The number of benzene rings is 1. The monoisotopic (exact) mass is 337 g/mol. The van der Waals surface area contributed by atoms with E-state index in [0.29, 0.717) is 32.1 Å². The number of para-hydroxylation sites is 2. The van der Waals surface area contributed by atoms with Gasteiger partial charge in [-0.3, -0.25) is 0 Å². The van der Waals surface area contributed by atoms with Crippen molar-refractivity contribution < 1.29 is 12.8 Å². The predicted octanol–water partition coefficient (Wildman–Crippen LogP) is 2.59. The number of hydrogen-bond donors (Lipinski definition) is 0. The van der Waals surface area contributed by atoms with Gasteiger partial charge in [0.1, 0.15) is 5.52 Å². The van der Waals surface area contributed by atoms with Crippen LogP contribution in [-0.2, 0) is 10.2 Å². The van der Waals surface area contributed by atoms with Gasteiger partial charge in [-0.1, -0.05) is 26.0 Å². The van der Waals surface area contributed by atoms with Gasteiger partial charge >= 0.3 is 0 Å². The molecule has 1 atom stereocenters. The van der Waals surface area contributed by atoms with Gasteiger partial charge in [-0.15, -0.1) is 0 Å². The Morgan fingerprint density at radius 3 is 2.74 bits per heavy atom. The molecule has 23 heavy (non-hydrogen) atoms. The van der Waals surface area contributed by atoms with E-state index in [1.807, 2.05) is 38.1 Å². The molecule has 0 unspecified atom stereocenters. The molecule has 1 saturated heterocycles. The van der Waals surface area contributed by atoms with Crippen molar-refractivity contribution in [1.29, 1.82) is 0 Å². The normalized spacial score (nSPS) is 20.4. The van der Waals surface area contributed by atoms with E-state index in [1.54, 1.807) is 4.31 Å². The maximum Gasteiger partial charge on any atom is 0.281 e. The molecule has 0 radical (unpaired) electrons. The Kier molecular flexibility index (Phi) is 4.70. The van der Waals surface area contributed by atoms with Crippen LogP contribution in [0.1, 0.15) is 38.5 Å². The molecule has 1 aromatic carbocycles. The van der Waals surface area contributed by atoms with E-state index in [1.165, 1.54) is 4.31 Å². The van der Waals surface area contributed by atoms with Crippen LogP contribution >= 0.6 is 0 Å². The molecule has 1 aliphatic rings. The fourth-order valence-corrected chi connectivity index (χ4v) is 4.84. The van der Waals surface area contributed by atoms with Crippen molar-refractivity contribution in [3.05, 3.63) is 30.2 Å². The first-order valence-electron chi connectivity index (χ1n) is 8.17. The molecule has 2 aromatic rings. The largest absolute Gasteiger partial charge is 0.440 e. The maximum atomic E-state index is 12.7. The Balaban J connectivity index is 1.83. The van der Waals surface area contributed by atoms with Crippen LogP contribution in [0.2, 0.25) is 0 Å². The molecule has 0 amide bonds. The Hall–Kier alpha value is -1.44. The Bertz CT molecular complexity index is 735. The lowest BCUT2D eigenvalue weighted by atomic mass is 10.00. The van der Waals surface area contributed by atoms with Crippen LogP contribution in [0.5, 0.6) is 0 Å². The summed E-state index contributed by atoms with van der Waals surface area (Å²) in [7, 11) is -3.40. The molecule has 0 saturated carbocycles. The predicted molar refractivity (Wildman–Crippen MR) is 89.4 cm³/mol. The molecule has 0 aliphatic carbocycles. The van der Waals surface area contributed by atoms with E-state index < -0.39 is 10.2 Å². The summed E-state index contributed by atoms with van der Waals surface area (Å²) in [5.74, 6) is 0.659. The standard InChI is InChI=1S/C16H23N3O3S/c1-3-18(4-2)23(20,21)19-11-7-8-13(12-19)16-17-14-9-5-6-10-15(14)22-16/h5-6,9-10,13H,3-4,7-8,11-12H2,1-2H3/t13-/m1/s1. The van der Waals surface area contributed by atoms with Gasteiger partial charge in [0, 0.05) is 32.1 Å². The zero-order valence-corrected chi connectivity index (χ0v) is 14.4. The highest BCUT2D eigenvalue weighted by Crippen LogP contribution is 2.30. The Morgan fingerprint density at radius 2 is 2.04 bits per heavy atom. The number of rotatable bonds is 5. The molecular formula is C16H23N3O3S. The lowest BCUT2D eigenvalue weighted by Crippen LogP contribution is -2.47. The van der Waals surface area contributed by atoms with Crippen LogP contribution in [0.4, 0.5) is 0 Å². The lowest BCUT2D eigenvalue weighted by molar-refractivity contribution is 0.268. The Morgan fingerprint density at radius 1 is 1.30 bits per heavy atom. The average Bonchev–Trinajstić information content (AvgIpc) is 3.00. The van der Waals surface area contributed by atoms with Crippen LogP contribution < -0.4 is 0 Å². The van der Waals surface area contributed by atoms with E-state index >= 15 is 0 Å². The molecule has 0 spiro atoms. The summed E-state index contributed by atoms with van der Waals surface area (Å²) < 4.78 is 34.3. The second-order valence-corrected chi connectivity index (χ2v) is 7.74. The summed E-state index contributed by atoms with van der Waals surface area (Å²) in [5, 5.41) is 0. The van der Waals surface area contributed by atoms with Crippen molar-refractivity contribution in [3.63, 3.8) is 0 Å². The molecule has 0 bridgehead atoms. The van der Waals surface area contributed by atoms with Crippen LogP contribution in [0.25, 0.3) is 11.1 Å². The molecule has 6 nitrogen and oxygen atoms in total. The van der Waals surface area contributed by atoms with Crippen molar-refractivity contribution in [2.24, 2.45) is 0 Å². The summed E-state index contributed by atoms with van der Waals surface area (Å²) in [6.07, 6.45) is 1.72. The number of oxazole rings is 1. The quantitative estimate of drug-likeness (QED) is 0.841. The van der Waals surface area contributed by atoms with E-state index in [0.717, 1.165) is 23.9 Å². The third-order valence-electron chi connectivity index (χ3n) is 4.40. The van der Waals surface area contributed by atoms with E-state index in [4.69, 9.17) is 4.42 Å². The molecule has 1 aliphatic heterocycles. The van der Waals surface area contributed by atoms with Gasteiger partial charge in [-0.05, 0) is 25.0 Å². The topological polar surface area (TPSA) is 66.7 Å². The molecule has 3 rings (SSSR count). The third kappa shape index (κ3) is 3.13. The van der Waals surface area contributed by atoms with Gasteiger partial charge in [0.2, 0.25) is 0 Å². The van der Waals surface area contributed by atoms with Crippen LogP contribution in [-0.4, -0.2) is 48.2 Å². The highest BCUT2D eigenvalue weighted by Gasteiger charge is 2.34. The zero-order chi connectivity index (χ0) is 16.4. The molecule has 1 aromatic heterocycles. The van der Waals surface area contributed by atoms with Crippen molar-refractivity contribution in [2.75, 3.05) is 26.2 Å². The van der Waals surface area contributed by atoms with Gasteiger partial charge in [0.15, 0.2) is 11.5 Å². The first-order valence-corrected chi connectivity index (χ1v) is 9.56. The van der Waals surface area contributed by atoms with Crippen molar-refractivity contribution >= 4 is 21.3 Å². The van der Waals surface area contributed by atoms with E-state index in [9.17, 15) is 8.42 Å². The molecule has 0 N–H and O–H groups in total. The number of fused-ring (bicyclic) bond motifs is 1. The third-order valence-corrected chi connectivity index (χ3v) is 6.55. The van der Waals surface area contributed by atoms with Crippen LogP contribution in [0.3, 0.4) is 0 Å². The first-order chi connectivity index (χ1) is 11.1. The van der Waals surface area contributed by atoms with Crippen LogP contribution in [0.15, 0.2) is 28.7 Å². The SMILES string of the molecule is CCN(CC)S(=O)(=O)N1CCC[C@@H](c2nc3ccccc3o2)C1. The zero-order valence-electron chi connectivity index (χ0n) is 13.6. The molecule has 2 heterocycles. The molecule has 1 fully saturated rings. The highest BCUT2D eigenvalue weighted by molar-refractivity contribution is 7.86. The second-order valence-electron chi connectivity index (χ2n) is 5.81. The minimum absolute atomic E-state index is 0.0153. The minimum Gasteiger partial charge on any atom is -0.440 e. The number of nitrogens with zero attached hydrogens (tertiary/aromatic N) is 3. The number of hydrogen-bond acceptors (Lipinski definition) is 4. The van der Waals surface area contributed by atoms with E-state index in [-0.39, 0.29) is 5.92 Å². The smallest absolute Gasteiger partial charge is 0.281 e. The Labute approximate surface area is 137 Å². The van der Waals surface area contributed by atoms with E-state index in [2.05, 4.69) is 4.98 Å². The summed E-state index contributed by atoms with van der Waals surface area (Å²) in [5.41, 5.74) is 1.58. The van der Waals surface area contributed by atoms with Gasteiger partial charge < -0.3 is 4.42 Å². The fourth-order valence-electron chi connectivity index (χ4n) is 3.13. The van der Waals surface area contributed by atoms with Crippen molar-refractivity contribution in [1.82, 2.24) is 13.6 Å². The molecule has 126 valence electrons. The number of aromatic nitrogens is 1. The van der Waals surface area contributed by atoms with Crippen molar-refractivity contribution in [3.8, 4) is 0 Å².